The minimum absolute atomic E-state index is 0.822. The average Bonchev–Trinajstić information content (AvgIpc) is 2.68. The predicted molar refractivity (Wildman–Crippen MR) is 74.3 cm³/mol. The largest absolute Gasteiger partial charge is 0.310 e. The van der Waals surface area contributed by atoms with Gasteiger partial charge in [0.25, 0.3) is 0 Å². The number of nitrogens with one attached hydrogen (secondary N) is 1. The summed E-state index contributed by atoms with van der Waals surface area (Å²) in [6.07, 6.45) is 9.21. The summed E-state index contributed by atoms with van der Waals surface area (Å²) in [5.41, 5.74) is 0. The Balaban J connectivity index is 1.47. The number of hydrogen-bond acceptors (Lipinski definition) is 2. The highest BCUT2D eigenvalue weighted by Crippen LogP contribution is 2.54. The number of rotatable bonds is 2. The lowest BCUT2D eigenvalue weighted by Gasteiger charge is -2.55. The van der Waals surface area contributed by atoms with Gasteiger partial charge in [0, 0.05) is 17.3 Å². The van der Waals surface area contributed by atoms with Crippen molar-refractivity contribution in [3.05, 3.63) is 0 Å². The van der Waals surface area contributed by atoms with E-state index in [1.165, 1.54) is 12.2 Å². The van der Waals surface area contributed by atoms with Gasteiger partial charge in [-0.05, 0) is 67.9 Å². The Morgan fingerprint density at radius 3 is 2.12 bits per heavy atom. The third-order valence-corrected chi connectivity index (χ3v) is 7.34. The first-order chi connectivity index (χ1) is 8.29. The molecule has 0 aromatic rings. The molecule has 2 atom stereocenters. The van der Waals surface area contributed by atoms with E-state index in [1.54, 1.807) is 32.1 Å². The van der Waals surface area contributed by atoms with Crippen LogP contribution >= 0.6 is 11.8 Å². The highest BCUT2D eigenvalue weighted by Gasteiger charge is 2.48. The van der Waals surface area contributed by atoms with Gasteiger partial charge >= 0.3 is 0 Å². The molecule has 1 nitrogen and oxygen atoms in total. The van der Waals surface area contributed by atoms with E-state index < -0.39 is 0 Å². The molecule has 2 unspecified atom stereocenters. The van der Waals surface area contributed by atoms with Crippen LogP contribution in [0.5, 0.6) is 0 Å². The van der Waals surface area contributed by atoms with Gasteiger partial charge in [-0.15, -0.1) is 0 Å². The van der Waals surface area contributed by atoms with Crippen LogP contribution in [0.1, 0.15) is 45.4 Å². The molecular formula is C15H25NS. The molecule has 2 heteroatoms. The first-order valence-corrected chi connectivity index (χ1v) is 8.72. The van der Waals surface area contributed by atoms with Crippen LogP contribution in [0.15, 0.2) is 0 Å². The van der Waals surface area contributed by atoms with Crippen LogP contribution in [0.4, 0.5) is 0 Å². The molecule has 4 saturated carbocycles. The Bertz CT molecular complexity index is 275. The summed E-state index contributed by atoms with van der Waals surface area (Å²) in [5.74, 6) is 5.71. The molecule has 1 saturated heterocycles. The molecule has 17 heavy (non-hydrogen) atoms. The SMILES string of the molecule is CC1SCCC1NC1C2CC3CC(C2)CC1C3. The molecule has 0 amide bonds. The number of thioether (sulfide) groups is 1. The first kappa shape index (κ1) is 11.2. The second-order valence-corrected chi connectivity index (χ2v) is 8.58. The standard InChI is InChI=1S/C15H25NS/c1-9-14(2-3-17-9)16-15-12-5-10-4-11(7-12)8-13(15)6-10/h9-16H,2-8H2,1H3. The molecule has 96 valence electrons. The molecule has 0 aromatic carbocycles. The van der Waals surface area contributed by atoms with Crippen molar-refractivity contribution in [2.24, 2.45) is 23.7 Å². The highest BCUT2D eigenvalue weighted by atomic mass is 32.2. The molecule has 1 heterocycles. The Morgan fingerprint density at radius 1 is 0.941 bits per heavy atom. The molecule has 1 aliphatic heterocycles. The molecule has 0 aromatic heterocycles. The molecule has 4 bridgehead atoms. The highest BCUT2D eigenvalue weighted by molar-refractivity contribution is 8.00. The van der Waals surface area contributed by atoms with Crippen LogP contribution in [-0.4, -0.2) is 23.1 Å². The summed E-state index contributed by atoms with van der Waals surface area (Å²) in [6.45, 7) is 2.42. The Morgan fingerprint density at radius 2 is 1.59 bits per heavy atom. The van der Waals surface area contributed by atoms with Gasteiger partial charge < -0.3 is 5.32 Å². The van der Waals surface area contributed by atoms with E-state index in [2.05, 4.69) is 24.0 Å². The van der Waals surface area contributed by atoms with Crippen LogP contribution in [0.2, 0.25) is 0 Å². The third-order valence-electron chi connectivity index (χ3n) is 6.01. The van der Waals surface area contributed by atoms with Crippen molar-refractivity contribution in [1.82, 2.24) is 5.32 Å². The Labute approximate surface area is 109 Å². The maximum Gasteiger partial charge on any atom is 0.0194 e. The maximum absolute atomic E-state index is 4.09. The maximum atomic E-state index is 4.09. The van der Waals surface area contributed by atoms with Crippen molar-refractivity contribution in [3.8, 4) is 0 Å². The third kappa shape index (κ3) is 1.87. The van der Waals surface area contributed by atoms with Crippen molar-refractivity contribution < 1.29 is 0 Å². The van der Waals surface area contributed by atoms with Gasteiger partial charge in [0.2, 0.25) is 0 Å². The molecular weight excluding hydrogens is 226 g/mol. The predicted octanol–water partition coefficient (Wildman–Crippen LogP) is 3.29. The second kappa shape index (κ2) is 4.16. The lowest BCUT2D eigenvalue weighted by Crippen LogP contribution is -2.57. The van der Waals surface area contributed by atoms with Crippen molar-refractivity contribution in [3.63, 3.8) is 0 Å². The van der Waals surface area contributed by atoms with Crippen molar-refractivity contribution in [2.45, 2.75) is 62.8 Å². The van der Waals surface area contributed by atoms with Gasteiger partial charge in [-0.1, -0.05) is 6.92 Å². The van der Waals surface area contributed by atoms with Crippen LogP contribution in [0.25, 0.3) is 0 Å². The average molecular weight is 251 g/mol. The van der Waals surface area contributed by atoms with Gasteiger partial charge in [-0.3, -0.25) is 0 Å². The first-order valence-electron chi connectivity index (χ1n) is 7.67. The van der Waals surface area contributed by atoms with Crippen molar-refractivity contribution in [2.75, 3.05) is 5.75 Å². The van der Waals surface area contributed by atoms with Gasteiger partial charge in [-0.25, -0.2) is 0 Å². The smallest absolute Gasteiger partial charge is 0.0194 e. The monoisotopic (exact) mass is 251 g/mol. The molecule has 0 radical (unpaired) electrons. The van der Waals surface area contributed by atoms with E-state index >= 15 is 0 Å². The summed E-state index contributed by atoms with van der Waals surface area (Å²) < 4.78 is 0. The van der Waals surface area contributed by atoms with Gasteiger partial charge in [0.15, 0.2) is 0 Å². The van der Waals surface area contributed by atoms with Crippen molar-refractivity contribution >= 4 is 11.8 Å². The lowest BCUT2D eigenvalue weighted by molar-refractivity contribution is -0.0174. The lowest BCUT2D eigenvalue weighted by atomic mass is 9.54. The second-order valence-electron chi connectivity index (χ2n) is 7.09. The minimum atomic E-state index is 0.822. The van der Waals surface area contributed by atoms with E-state index in [-0.39, 0.29) is 0 Å². The fourth-order valence-corrected chi connectivity index (χ4v) is 6.60. The zero-order chi connectivity index (χ0) is 11.4. The molecule has 5 aliphatic rings. The van der Waals surface area contributed by atoms with E-state index in [9.17, 15) is 0 Å². The topological polar surface area (TPSA) is 12.0 Å². The van der Waals surface area contributed by atoms with Crippen LogP contribution in [0.3, 0.4) is 0 Å². The minimum Gasteiger partial charge on any atom is -0.310 e. The molecule has 0 spiro atoms. The summed E-state index contributed by atoms with van der Waals surface area (Å²) in [4.78, 5) is 0. The van der Waals surface area contributed by atoms with Gasteiger partial charge in [0.05, 0.1) is 0 Å². The van der Waals surface area contributed by atoms with E-state index in [0.29, 0.717) is 0 Å². The zero-order valence-electron chi connectivity index (χ0n) is 10.9. The fourth-order valence-electron chi connectivity index (χ4n) is 5.40. The number of hydrogen-bond donors (Lipinski definition) is 1. The van der Waals surface area contributed by atoms with Crippen LogP contribution in [-0.2, 0) is 0 Å². The Hall–Kier alpha value is 0.310. The Kier molecular flexibility index (Phi) is 2.73. The fraction of sp³-hybridized carbons (Fsp3) is 1.00. The molecule has 5 rings (SSSR count). The molecule has 4 aliphatic carbocycles. The molecule has 1 N–H and O–H groups in total. The zero-order valence-corrected chi connectivity index (χ0v) is 11.7. The van der Waals surface area contributed by atoms with Crippen LogP contribution in [0, 0.1) is 23.7 Å². The van der Waals surface area contributed by atoms with E-state index in [4.69, 9.17) is 0 Å². The van der Waals surface area contributed by atoms with Crippen LogP contribution < -0.4 is 5.32 Å². The summed E-state index contributed by atoms with van der Waals surface area (Å²) in [7, 11) is 0. The quantitative estimate of drug-likeness (QED) is 0.808. The van der Waals surface area contributed by atoms with Gasteiger partial charge in [-0.2, -0.15) is 11.8 Å². The molecule has 5 fully saturated rings. The summed E-state index contributed by atoms with van der Waals surface area (Å²) >= 11 is 2.17. The van der Waals surface area contributed by atoms with Crippen molar-refractivity contribution in [1.29, 1.82) is 0 Å². The normalized spacial score (nSPS) is 56.6. The van der Waals surface area contributed by atoms with E-state index in [1.807, 2.05) is 0 Å². The summed E-state index contributed by atoms with van der Waals surface area (Å²) in [6, 6.07) is 1.72. The summed E-state index contributed by atoms with van der Waals surface area (Å²) in [5, 5.41) is 4.94. The van der Waals surface area contributed by atoms with Gasteiger partial charge in [0.1, 0.15) is 0 Å². The van der Waals surface area contributed by atoms with E-state index in [0.717, 1.165) is 41.0 Å².